The number of unbranched alkanes of at least 4 members (excludes halogenated alkanes) is 1. The number of nitrogens with one attached hydrogen (secondary N) is 1. The van der Waals surface area contributed by atoms with E-state index in [9.17, 15) is 9.59 Å². The van der Waals surface area contributed by atoms with E-state index >= 15 is 0 Å². The molecule has 0 unspecified atom stereocenters. The Balaban J connectivity index is 2.20. The first kappa shape index (κ1) is 16.5. The molecule has 0 bridgehead atoms. The first-order valence-corrected chi connectivity index (χ1v) is 7.50. The summed E-state index contributed by atoms with van der Waals surface area (Å²) in [5, 5.41) is 19.8. The first-order chi connectivity index (χ1) is 9.50. The number of rotatable bonds is 9. The molecule has 2 N–H and O–H groups in total. The van der Waals surface area contributed by atoms with E-state index in [0.29, 0.717) is 19.4 Å². The van der Waals surface area contributed by atoms with Crippen molar-refractivity contribution in [2.24, 2.45) is 0 Å². The van der Waals surface area contributed by atoms with Crippen LogP contribution in [-0.2, 0) is 9.59 Å². The Morgan fingerprint density at radius 1 is 1.45 bits per heavy atom. The van der Waals surface area contributed by atoms with Gasteiger partial charge >= 0.3 is 5.97 Å². The Kier molecular flexibility index (Phi) is 7.06. The summed E-state index contributed by atoms with van der Waals surface area (Å²) in [5.41, 5.74) is 0. The minimum Gasteiger partial charge on any atom is -0.481 e. The van der Waals surface area contributed by atoms with Crippen molar-refractivity contribution in [1.82, 2.24) is 20.1 Å². The predicted molar refractivity (Wildman–Crippen MR) is 75.6 cm³/mol. The highest BCUT2D eigenvalue weighted by Crippen LogP contribution is 2.18. The van der Waals surface area contributed by atoms with E-state index in [2.05, 4.69) is 15.5 Å². The molecule has 0 saturated heterocycles. The first-order valence-electron chi connectivity index (χ1n) is 6.51. The molecule has 7 nitrogen and oxygen atoms in total. The number of nitrogens with zero attached hydrogens (tertiary/aromatic N) is 3. The van der Waals surface area contributed by atoms with E-state index in [0.717, 1.165) is 5.16 Å². The molecule has 0 atom stereocenters. The van der Waals surface area contributed by atoms with E-state index in [4.69, 9.17) is 5.11 Å². The molecule has 1 aromatic rings. The van der Waals surface area contributed by atoms with Gasteiger partial charge in [0.15, 0.2) is 5.16 Å². The van der Waals surface area contributed by atoms with Crippen LogP contribution in [0.2, 0.25) is 0 Å². The molecule has 0 aliphatic carbocycles. The molecule has 0 aromatic carbocycles. The maximum Gasteiger partial charge on any atom is 0.303 e. The van der Waals surface area contributed by atoms with Gasteiger partial charge in [0.05, 0.1) is 5.75 Å². The molecule has 1 heterocycles. The number of carboxylic acid groups (broad SMARTS) is 1. The van der Waals surface area contributed by atoms with Gasteiger partial charge in [0.1, 0.15) is 6.33 Å². The number of amides is 1. The molecule has 20 heavy (non-hydrogen) atoms. The highest BCUT2D eigenvalue weighted by Gasteiger charge is 2.10. The molecule has 1 rings (SSSR count). The Bertz CT molecular complexity index is 448. The molecular weight excluding hydrogens is 280 g/mol. The van der Waals surface area contributed by atoms with Gasteiger partial charge in [0, 0.05) is 19.0 Å². The van der Waals surface area contributed by atoms with Crippen LogP contribution >= 0.6 is 11.8 Å². The second-order valence-electron chi connectivity index (χ2n) is 4.60. The molecule has 8 heteroatoms. The second-order valence-corrected chi connectivity index (χ2v) is 5.55. The Labute approximate surface area is 122 Å². The van der Waals surface area contributed by atoms with Crippen LogP contribution in [-0.4, -0.2) is 44.0 Å². The number of hydrogen-bond acceptors (Lipinski definition) is 5. The third-order valence-electron chi connectivity index (χ3n) is 2.57. The zero-order valence-electron chi connectivity index (χ0n) is 11.7. The maximum atomic E-state index is 11.6. The van der Waals surface area contributed by atoms with Crippen LogP contribution in [0.5, 0.6) is 0 Å². The molecule has 0 spiro atoms. The summed E-state index contributed by atoms with van der Waals surface area (Å²) in [6.45, 7) is 4.55. The molecule has 1 aromatic heterocycles. The van der Waals surface area contributed by atoms with E-state index in [1.54, 1.807) is 6.33 Å². The molecule has 0 radical (unpaired) electrons. The van der Waals surface area contributed by atoms with Crippen molar-refractivity contribution in [3.8, 4) is 0 Å². The van der Waals surface area contributed by atoms with Gasteiger partial charge in [-0.15, -0.1) is 10.2 Å². The maximum absolute atomic E-state index is 11.6. The number of carboxylic acids is 1. The zero-order chi connectivity index (χ0) is 15.0. The van der Waals surface area contributed by atoms with Crippen molar-refractivity contribution < 1.29 is 14.7 Å². The van der Waals surface area contributed by atoms with Gasteiger partial charge in [-0.25, -0.2) is 0 Å². The van der Waals surface area contributed by atoms with Crippen LogP contribution < -0.4 is 5.32 Å². The highest BCUT2D eigenvalue weighted by atomic mass is 32.2. The van der Waals surface area contributed by atoms with Crippen LogP contribution in [0.3, 0.4) is 0 Å². The largest absolute Gasteiger partial charge is 0.481 e. The van der Waals surface area contributed by atoms with E-state index in [1.165, 1.54) is 11.8 Å². The lowest BCUT2D eigenvalue weighted by Crippen LogP contribution is -2.26. The monoisotopic (exact) mass is 300 g/mol. The second kappa shape index (κ2) is 8.57. The molecule has 112 valence electrons. The summed E-state index contributed by atoms with van der Waals surface area (Å²) in [6, 6.07) is 0.256. The highest BCUT2D eigenvalue weighted by molar-refractivity contribution is 7.99. The third kappa shape index (κ3) is 6.05. The average Bonchev–Trinajstić information content (AvgIpc) is 2.84. The Morgan fingerprint density at radius 3 is 2.85 bits per heavy atom. The number of aliphatic carboxylic acids is 1. The average molecular weight is 300 g/mol. The molecule has 0 aliphatic rings. The minimum atomic E-state index is -0.806. The number of carbonyl (C=O) groups is 2. The van der Waals surface area contributed by atoms with Crippen molar-refractivity contribution in [2.75, 3.05) is 12.3 Å². The molecular formula is C12H20N4O3S. The summed E-state index contributed by atoms with van der Waals surface area (Å²) in [5.74, 6) is -0.604. The number of aromatic nitrogens is 3. The van der Waals surface area contributed by atoms with Crippen LogP contribution in [0.15, 0.2) is 11.5 Å². The Hall–Kier alpha value is -1.57. The topological polar surface area (TPSA) is 97.1 Å². The van der Waals surface area contributed by atoms with E-state index in [1.807, 2.05) is 18.4 Å². The van der Waals surface area contributed by atoms with Crippen molar-refractivity contribution >= 4 is 23.6 Å². The van der Waals surface area contributed by atoms with Gasteiger partial charge in [-0.05, 0) is 26.7 Å². The molecule has 0 saturated carbocycles. The van der Waals surface area contributed by atoms with Crippen LogP contribution in [0.4, 0.5) is 0 Å². The third-order valence-corrected chi connectivity index (χ3v) is 3.53. The molecule has 1 amide bonds. The lowest BCUT2D eigenvalue weighted by molar-refractivity contribution is -0.137. The fourth-order valence-corrected chi connectivity index (χ4v) is 2.37. The summed E-state index contributed by atoms with van der Waals surface area (Å²) in [7, 11) is 0. The van der Waals surface area contributed by atoms with Gasteiger partial charge < -0.3 is 15.0 Å². The predicted octanol–water partition coefficient (Wildman–Crippen LogP) is 1.32. The van der Waals surface area contributed by atoms with Crippen LogP contribution in [0.1, 0.15) is 39.2 Å². The van der Waals surface area contributed by atoms with Crippen molar-refractivity contribution in [3.05, 3.63) is 6.33 Å². The summed E-state index contributed by atoms with van der Waals surface area (Å²) >= 11 is 1.34. The SMILES string of the molecule is CC(C)n1cnnc1SCC(=O)NCCCCC(=O)O. The lowest BCUT2D eigenvalue weighted by atomic mass is 10.2. The molecule has 0 aliphatic heterocycles. The van der Waals surface area contributed by atoms with Gasteiger partial charge in [-0.3, -0.25) is 9.59 Å². The van der Waals surface area contributed by atoms with E-state index in [-0.39, 0.29) is 24.1 Å². The van der Waals surface area contributed by atoms with Crippen LogP contribution in [0.25, 0.3) is 0 Å². The summed E-state index contributed by atoms with van der Waals surface area (Å²) in [6.07, 6.45) is 3.04. The minimum absolute atomic E-state index is 0.0800. The number of hydrogen-bond donors (Lipinski definition) is 2. The van der Waals surface area contributed by atoms with Crippen molar-refractivity contribution in [3.63, 3.8) is 0 Å². The zero-order valence-corrected chi connectivity index (χ0v) is 12.5. The number of thioether (sulfide) groups is 1. The van der Waals surface area contributed by atoms with Crippen molar-refractivity contribution in [1.29, 1.82) is 0 Å². The standard InChI is InChI=1S/C12H20N4O3S/c1-9(2)16-8-14-15-12(16)20-7-10(17)13-6-4-3-5-11(18)19/h8-9H,3-7H2,1-2H3,(H,13,17)(H,18,19). The smallest absolute Gasteiger partial charge is 0.303 e. The normalized spacial score (nSPS) is 10.8. The van der Waals surface area contributed by atoms with Gasteiger partial charge in [0.2, 0.25) is 5.91 Å². The fourth-order valence-electron chi connectivity index (χ4n) is 1.50. The summed E-state index contributed by atoms with van der Waals surface area (Å²) in [4.78, 5) is 21.9. The van der Waals surface area contributed by atoms with Gasteiger partial charge in [-0.2, -0.15) is 0 Å². The lowest BCUT2D eigenvalue weighted by Gasteiger charge is -2.09. The summed E-state index contributed by atoms with van der Waals surface area (Å²) < 4.78 is 1.91. The number of carbonyl (C=O) groups excluding carboxylic acids is 1. The van der Waals surface area contributed by atoms with Gasteiger partial charge in [-0.1, -0.05) is 11.8 Å². The molecule has 0 fully saturated rings. The van der Waals surface area contributed by atoms with Crippen molar-refractivity contribution in [2.45, 2.75) is 44.3 Å². The Morgan fingerprint density at radius 2 is 2.20 bits per heavy atom. The van der Waals surface area contributed by atoms with Gasteiger partial charge in [0.25, 0.3) is 0 Å². The fraction of sp³-hybridized carbons (Fsp3) is 0.667. The van der Waals surface area contributed by atoms with Crippen LogP contribution in [0, 0.1) is 0 Å². The quantitative estimate of drug-likeness (QED) is 0.527. The van der Waals surface area contributed by atoms with E-state index < -0.39 is 5.97 Å².